The largest absolute Gasteiger partial charge is 0.326 e. The van der Waals surface area contributed by atoms with E-state index < -0.39 is 0 Å². The Morgan fingerprint density at radius 3 is 2.61 bits per heavy atom. The Balaban J connectivity index is 2.10. The number of carbonyl (C=O) groups is 1. The lowest BCUT2D eigenvalue weighted by Crippen LogP contribution is -2.05. The minimum atomic E-state index is -0.0545. The Morgan fingerprint density at radius 1 is 1.11 bits per heavy atom. The molecule has 0 aliphatic heterocycles. The minimum Gasteiger partial charge on any atom is -0.326 e. The van der Waals surface area contributed by atoms with Gasteiger partial charge in [0.1, 0.15) is 0 Å². The molecule has 0 heterocycles. The van der Waals surface area contributed by atoms with E-state index in [0.29, 0.717) is 0 Å². The molecule has 18 heavy (non-hydrogen) atoms. The van der Waals surface area contributed by atoms with Crippen molar-refractivity contribution >= 4 is 24.2 Å². The lowest BCUT2D eigenvalue weighted by Gasteiger charge is -2.08. The number of hydrogen-bond donors (Lipinski definition) is 2. The fourth-order valence-electron chi connectivity index (χ4n) is 2.46. The molecule has 1 atom stereocenters. The van der Waals surface area contributed by atoms with Gasteiger partial charge in [-0.1, -0.05) is 30.3 Å². The number of fused-ring (bicyclic) bond motifs is 3. The number of hydrogen-bond acceptors (Lipinski definition) is 2. The summed E-state index contributed by atoms with van der Waals surface area (Å²) in [5, 5.41) is 2.90. The smallest absolute Gasteiger partial charge is 0.221 e. The van der Waals surface area contributed by atoms with E-state index in [1.165, 1.54) is 23.6 Å². The van der Waals surface area contributed by atoms with Crippen LogP contribution >= 0.6 is 12.6 Å². The zero-order chi connectivity index (χ0) is 12.7. The fraction of sp³-hybridized carbons (Fsp3) is 0.133. The van der Waals surface area contributed by atoms with Crippen molar-refractivity contribution in [3.8, 4) is 11.1 Å². The summed E-state index contributed by atoms with van der Waals surface area (Å²) in [6.45, 7) is 1.51. The second-order valence-corrected chi connectivity index (χ2v) is 4.99. The number of nitrogens with one attached hydrogen (secondary N) is 1. The molecule has 0 radical (unpaired) electrons. The molecule has 2 aromatic rings. The molecular weight excluding hydrogens is 242 g/mol. The lowest BCUT2D eigenvalue weighted by atomic mass is 10.1. The molecule has 0 bridgehead atoms. The molecule has 1 amide bonds. The number of amides is 1. The number of rotatable bonds is 1. The Kier molecular flexibility index (Phi) is 2.63. The Hall–Kier alpha value is -1.74. The summed E-state index contributed by atoms with van der Waals surface area (Å²) in [4.78, 5) is 11.1. The fourth-order valence-corrected chi connectivity index (χ4v) is 2.90. The van der Waals surface area contributed by atoms with Crippen LogP contribution in [-0.2, 0) is 4.79 Å². The van der Waals surface area contributed by atoms with Gasteiger partial charge in [0.25, 0.3) is 0 Å². The van der Waals surface area contributed by atoms with Crippen molar-refractivity contribution in [1.29, 1.82) is 0 Å². The topological polar surface area (TPSA) is 29.1 Å². The van der Waals surface area contributed by atoms with Gasteiger partial charge in [0, 0.05) is 12.6 Å². The predicted molar refractivity (Wildman–Crippen MR) is 77.0 cm³/mol. The molecule has 0 aromatic heterocycles. The van der Waals surface area contributed by atoms with Gasteiger partial charge in [-0.05, 0) is 34.4 Å². The molecule has 2 nitrogen and oxygen atoms in total. The molecule has 3 heteroatoms. The first-order valence-corrected chi connectivity index (χ1v) is 6.37. The second-order valence-electron chi connectivity index (χ2n) is 4.47. The maximum absolute atomic E-state index is 11.1. The molecule has 1 aliphatic rings. The van der Waals surface area contributed by atoms with Gasteiger partial charge in [0.15, 0.2) is 0 Å². The zero-order valence-electron chi connectivity index (χ0n) is 9.97. The van der Waals surface area contributed by atoms with Crippen LogP contribution in [0.5, 0.6) is 0 Å². The van der Waals surface area contributed by atoms with Crippen molar-refractivity contribution in [3.05, 3.63) is 53.6 Å². The first-order chi connectivity index (χ1) is 8.66. The van der Waals surface area contributed by atoms with Gasteiger partial charge < -0.3 is 5.32 Å². The number of carbonyl (C=O) groups excluding carboxylic acids is 1. The summed E-state index contributed by atoms with van der Waals surface area (Å²) in [7, 11) is 0. The van der Waals surface area contributed by atoms with Crippen LogP contribution in [0.25, 0.3) is 11.1 Å². The maximum atomic E-state index is 11.1. The highest BCUT2D eigenvalue weighted by atomic mass is 32.1. The molecule has 1 N–H and O–H groups in total. The molecule has 0 unspecified atom stereocenters. The van der Waals surface area contributed by atoms with Crippen LogP contribution < -0.4 is 5.32 Å². The quantitative estimate of drug-likeness (QED) is 0.748. The van der Waals surface area contributed by atoms with Crippen LogP contribution in [0.3, 0.4) is 0 Å². The first-order valence-electron chi connectivity index (χ1n) is 5.86. The van der Waals surface area contributed by atoms with Gasteiger partial charge >= 0.3 is 0 Å². The van der Waals surface area contributed by atoms with E-state index in [4.69, 9.17) is 0 Å². The summed E-state index contributed by atoms with van der Waals surface area (Å²) >= 11 is 4.68. The van der Waals surface area contributed by atoms with Crippen LogP contribution in [0.4, 0.5) is 5.69 Å². The van der Waals surface area contributed by atoms with Crippen molar-refractivity contribution in [1.82, 2.24) is 0 Å². The van der Waals surface area contributed by atoms with E-state index in [2.05, 4.69) is 36.1 Å². The normalized spacial score (nSPS) is 16.0. The molecule has 0 saturated carbocycles. The van der Waals surface area contributed by atoms with Gasteiger partial charge in [-0.3, -0.25) is 4.79 Å². The minimum absolute atomic E-state index is 0.0545. The second kappa shape index (κ2) is 4.18. The van der Waals surface area contributed by atoms with E-state index in [1.807, 2.05) is 24.3 Å². The molecule has 0 saturated heterocycles. The van der Waals surface area contributed by atoms with Crippen LogP contribution in [0.15, 0.2) is 42.5 Å². The van der Waals surface area contributed by atoms with Crippen LogP contribution in [0, 0.1) is 0 Å². The van der Waals surface area contributed by atoms with Crippen molar-refractivity contribution in [3.63, 3.8) is 0 Å². The third kappa shape index (κ3) is 1.71. The van der Waals surface area contributed by atoms with Crippen molar-refractivity contribution < 1.29 is 4.79 Å². The highest BCUT2D eigenvalue weighted by Gasteiger charge is 2.25. The van der Waals surface area contributed by atoms with Crippen LogP contribution in [-0.4, -0.2) is 5.91 Å². The lowest BCUT2D eigenvalue weighted by molar-refractivity contribution is -0.114. The molecular formula is C15H13NOS. The average molecular weight is 255 g/mol. The SMILES string of the molecule is CC(=O)Nc1ccc2c(c1)[C@H](S)c1ccccc1-2. The molecule has 2 aromatic carbocycles. The highest BCUT2D eigenvalue weighted by Crippen LogP contribution is 2.47. The van der Waals surface area contributed by atoms with E-state index in [1.54, 1.807) is 0 Å². The third-order valence-corrected chi connectivity index (χ3v) is 3.77. The summed E-state index contributed by atoms with van der Waals surface area (Å²) in [5.41, 5.74) is 5.66. The van der Waals surface area contributed by atoms with Crippen LogP contribution in [0.2, 0.25) is 0 Å². The van der Waals surface area contributed by atoms with Crippen LogP contribution in [0.1, 0.15) is 23.3 Å². The monoisotopic (exact) mass is 255 g/mol. The van der Waals surface area contributed by atoms with Gasteiger partial charge in [-0.2, -0.15) is 12.6 Å². The Labute approximate surface area is 111 Å². The zero-order valence-corrected chi connectivity index (χ0v) is 10.9. The maximum Gasteiger partial charge on any atom is 0.221 e. The first kappa shape index (κ1) is 11.4. The summed E-state index contributed by atoms with van der Waals surface area (Å²) in [6, 6.07) is 14.3. The highest BCUT2D eigenvalue weighted by molar-refractivity contribution is 7.80. The summed E-state index contributed by atoms with van der Waals surface area (Å²) < 4.78 is 0. The third-order valence-electron chi connectivity index (χ3n) is 3.21. The van der Waals surface area contributed by atoms with Gasteiger partial charge in [0.05, 0.1) is 5.25 Å². The Bertz CT molecular complexity index is 636. The molecule has 1 aliphatic carbocycles. The van der Waals surface area contributed by atoms with Crippen molar-refractivity contribution in [2.75, 3.05) is 5.32 Å². The summed E-state index contributed by atoms with van der Waals surface area (Å²) in [6.07, 6.45) is 0. The molecule has 0 spiro atoms. The molecule has 0 fully saturated rings. The van der Waals surface area contributed by atoms with E-state index >= 15 is 0 Å². The Morgan fingerprint density at radius 2 is 1.83 bits per heavy atom. The molecule has 90 valence electrons. The number of benzene rings is 2. The van der Waals surface area contributed by atoms with Crippen molar-refractivity contribution in [2.45, 2.75) is 12.2 Å². The van der Waals surface area contributed by atoms with Gasteiger partial charge in [-0.15, -0.1) is 0 Å². The standard InChI is InChI=1S/C15H13NOS/c1-9(17)16-10-6-7-12-11-4-2-3-5-13(11)15(18)14(12)8-10/h2-8,15,18H,1H3,(H,16,17)/t15-/m1/s1. The number of anilines is 1. The number of thiol groups is 1. The van der Waals surface area contributed by atoms with Gasteiger partial charge in [-0.25, -0.2) is 0 Å². The summed E-state index contributed by atoms with van der Waals surface area (Å²) in [5.74, 6) is -0.0545. The van der Waals surface area contributed by atoms with E-state index in [0.717, 1.165) is 11.3 Å². The predicted octanol–water partition coefficient (Wildman–Crippen LogP) is 3.64. The van der Waals surface area contributed by atoms with Crippen molar-refractivity contribution in [2.24, 2.45) is 0 Å². The average Bonchev–Trinajstić information content (AvgIpc) is 2.63. The van der Waals surface area contributed by atoms with E-state index in [9.17, 15) is 4.79 Å². The van der Waals surface area contributed by atoms with E-state index in [-0.39, 0.29) is 11.2 Å². The molecule has 3 rings (SSSR count). The van der Waals surface area contributed by atoms with Gasteiger partial charge in [0.2, 0.25) is 5.91 Å².